The molecule has 1 aliphatic rings. The van der Waals surface area contributed by atoms with E-state index < -0.39 is 0 Å². The van der Waals surface area contributed by atoms with Crippen LogP contribution in [-0.2, 0) is 4.74 Å². The lowest BCUT2D eigenvalue weighted by atomic mass is 10.1. The Balaban J connectivity index is 1.78. The summed E-state index contributed by atoms with van der Waals surface area (Å²) in [4.78, 5) is 15.1. The number of rotatable bonds is 5. The fourth-order valence-corrected chi connectivity index (χ4v) is 3.13. The average Bonchev–Trinajstić information content (AvgIpc) is 3.24. The molecule has 1 aliphatic heterocycles. The molecule has 2 atom stereocenters. The lowest BCUT2D eigenvalue weighted by Gasteiger charge is -2.20. The Morgan fingerprint density at radius 1 is 1.29 bits per heavy atom. The van der Waals surface area contributed by atoms with E-state index >= 15 is 0 Å². The third-order valence-corrected chi connectivity index (χ3v) is 4.54. The molecule has 6 nitrogen and oxygen atoms in total. The molecule has 0 unspecified atom stereocenters. The van der Waals surface area contributed by atoms with Crippen molar-refractivity contribution >= 4 is 5.91 Å². The maximum atomic E-state index is 12.8. The lowest BCUT2D eigenvalue weighted by molar-refractivity contribution is 0.0753. The summed E-state index contributed by atoms with van der Waals surface area (Å²) in [6.45, 7) is 5.94. The van der Waals surface area contributed by atoms with Crippen molar-refractivity contribution in [2.24, 2.45) is 0 Å². The Kier molecular flexibility index (Phi) is 4.97. The Hall–Kier alpha value is -2.18. The van der Waals surface area contributed by atoms with Crippen LogP contribution in [0.3, 0.4) is 0 Å². The number of methoxy groups -OCH3 is 1. The largest absolute Gasteiger partial charge is 0.378 e. The minimum atomic E-state index is -0.0984. The van der Waals surface area contributed by atoms with Crippen LogP contribution < -0.4 is 5.32 Å². The molecule has 0 saturated carbocycles. The van der Waals surface area contributed by atoms with Gasteiger partial charge in [-0.2, -0.15) is 5.10 Å². The number of ether oxygens (including phenoxy) is 1. The molecule has 1 saturated heterocycles. The Bertz CT molecular complexity index is 684. The molecule has 1 aromatic carbocycles. The SMILES string of the molecule is CO[C@@H]1CN(C(C)C)C[C@H]1NC(=O)c1ccccc1-n1cccn1. The monoisotopic (exact) mass is 328 g/mol. The molecule has 3 rings (SSSR count). The summed E-state index contributed by atoms with van der Waals surface area (Å²) in [7, 11) is 1.70. The fraction of sp³-hybridized carbons (Fsp3) is 0.444. The number of carbonyl (C=O) groups excluding carboxylic acids is 1. The summed E-state index contributed by atoms with van der Waals surface area (Å²) in [6, 6.07) is 9.74. The second-order valence-corrected chi connectivity index (χ2v) is 6.37. The number of hydrogen-bond acceptors (Lipinski definition) is 4. The standard InChI is InChI=1S/C18H24N4O2/c1-13(2)21-11-15(17(12-21)24-3)20-18(23)14-7-4-5-8-16(14)22-10-6-9-19-22/h4-10,13,15,17H,11-12H2,1-3H3,(H,20,23)/t15-,17-/m1/s1. The van der Waals surface area contributed by atoms with Crippen LogP contribution in [0.5, 0.6) is 0 Å². The van der Waals surface area contributed by atoms with Gasteiger partial charge in [0, 0.05) is 38.6 Å². The first kappa shape index (κ1) is 16.7. The summed E-state index contributed by atoms with van der Waals surface area (Å²) in [5, 5.41) is 7.37. The first-order valence-electron chi connectivity index (χ1n) is 8.27. The van der Waals surface area contributed by atoms with Crippen molar-refractivity contribution < 1.29 is 9.53 Å². The minimum absolute atomic E-state index is 0.00761. The predicted octanol–water partition coefficient (Wildman–Crippen LogP) is 1.71. The number of nitrogens with one attached hydrogen (secondary N) is 1. The molecule has 0 radical (unpaired) electrons. The van der Waals surface area contributed by atoms with Gasteiger partial charge in [-0.3, -0.25) is 9.69 Å². The first-order chi connectivity index (χ1) is 11.6. The third-order valence-electron chi connectivity index (χ3n) is 4.54. The molecule has 1 aromatic heterocycles. The van der Waals surface area contributed by atoms with E-state index in [9.17, 15) is 4.79 Å². The molecule has 6 heteroatoms. The Morgan fingerprint density at radius 2 is 2.08 bits per heavy atom. The van der Waals surface area contributed by atoms with Crippen LogP contribution >= 0.6 is 0 Å². The average molecular weight is 328 g/mol. The molecule has 2 heterocycles. The van der Waals surface area contributed by atoms with Crippen LogP contribution in [0.1, 0.15) is 24.2 Å². The Morgan fingerprint density at radius 3 is 2.75 bits per heavy atom. The van der Waals surface area contributed by atoms with Gasteiger partial charge in [0.2, 0.25) is 0 Å². The minimum Gasteiger partial charge on any atom is -0.378 e. The molecule has 0 bridgehead atoms. The van der Waals surface area contributed by atoms with Gasteiger partial charge in [0.25, 0.3) is 5.91 Å². The number of hydrogen-bond donors (Lipinski definition) is 1. The number of amides is 1. The van der Waals surface area contributed by atoms with Gasteiger partial charge >= 0.3 is 0 Å². The Labute approximate surface area is 142 Å². The van der Waals surface area contributed by atoms with Crippen LogP contribution in [0.15, 0.2) is 42.7 Å². The molecule has 1 fully saturated rings. The summed E-state index contributed by atoms with van der Waals surface area (Å²) < 4.78 is 7.28. The number of nitrogens with zero attached hydrogens (tertiary/aromatic N) is 3. The highest BCUT2D eigenvalue weighted by atomic mass is 16.5. The summed E-state index contributed by atoms with van der Waals surface area (Å²) in [5.41, 5.74) is 1.38. The maximum Gasteiger partial charge on any atom is 0.253 e. The van der Waals surface area contributed by atoms with Gasteiger partial charge in [0.05, 0.1) is 23.4 Å². The van der Waals surface area contributed by atoms with E-state index in [0.717, 1.165) is 18.8 Å². The second-order valence-electron chi connectivity index (χ2n) is 6.37. The number of para-hydroxylation sites is 1. The fourth-order valence-electron chi connectivity index (χ4n) is 3.13. The van der Waals surface area contributed by atoms with Crippen molar-refractivity contribution in [3.63, 3.8) is 0 Å². The van der Waals surface area contributed by atoms with Gasteiger partial charge in [0.15, 0.2) is 0 Å². The van der Waals surface area contributed by atoms with Crippen LogP contribution in [0, 0.1) is 0 Å². The van der Waals surface area contributed by atoms with E-state index in [0.29, 0.717) is 11.6 Å². The molecule has 1 amide bonds. The zero-order valence-electron chi connectivity index (χ0n) is 14.3. The molecule has 2 aromatic rings. The molecule has 0 aliphatic carbocycles. The zero-order valence-corrected chi connectivity index (χ0v) is 14.3. The van der Waals surface area contributed by atoms with E-state index in [4.69, 9.17) is 4.74 Å². The number of likely N-dealkylation sites (tertiary alicyclic amines) is 1. The van der Waals surface area contributed by atoms with Crippen molar-refractivity contribution in [1.29, 1.82) is 0 Å². The number of benzene rings is 1. The quantitative estimate of drug-likeness (QED) is 0.908. The van der Waals surface area contributed by atoms with E-state index in [2.05, 4.69) is 29.2 Å². The molecule has 24 heavy (non-hydrogen) atoms. The van der Waals surface area contributed by atoms with Crippen LogP contribution in [0.4, 0.5) is 0 Å². The predicted molar refractivity (Wildman–Crippen MR) is 92.3 cm³/mol. The molecule has 0 spiro atoms. The van der Waals surface area contributed by atoms with Crippen molar-refractivity contribution in [3.05, 3.63) is 48.3 Å². The normalized spacial score (nSPS) is 21.3. The summed E-state index contributed by atoms with van der Waals surface area (Å²) in [5.74, 6) is -0.0984. The van der Waals surface area contributed by atoms with Crippen LogP contribution in [0.25, 0.3) is 5.69 Å². The van der Waals surface area contributed by atoms with Crippen molar-refractivity contribution in [3.8, 4) is 5.69 Å². The highest BCUT2D eigenvalue weighted by molar-refractivity contribution is 5.98. The topological polar surface area (TPSA) is 59.4 Å². The van der Waals surface area contributed by atoms with Crippen LogP contribution in [0.2, 0.25) is 0 Å². The highest BCUT2D eigenvalue weighted by Crippen LogP contribution is 2.18. The number of carbonyl (C=O) groups is 1. The lowest BCUT2D eigenvalue weighted by Crippen LogP contribution is -2.44. The summed E-state index contributed by atoms with van der Waals surface area (Å²) >= 11 is 0. The molecule has 1 N–H and O–H groups in total. The summed E-state index contributed by atoms with van der Waals surface area (Å²) in [6.07, 6.45) is 3.54. The first-order valence-corrected chi connectivity index (χ1v) is 8.27. The van der Waals surface area contributed by atoms with Gasteiger partial charge in [-0.05, 0) is 32.0 Å². The molecular weight excluding hydrogens is 304 g/mol. The van der Waals surface area contributed by atoms with E-state index in [1.165, 1.54) is 0 Å². The van der Waals surface area contributed by atoms with Crippen molar-refractivity contribution in [2.45, 2.75) is 32.0 Å². The van der Waals surface area contributed by atoms with E-state index in [1.807, 2.05) is 36.5 Å². The maximum absolute atomic E-state index is 12.8. The van der Waals surface area contributed by atoms with E-state index in [1.54, 1.807) is 18.0 Å². The number of aromatic nitrogens is 2. The zero-order chi connectivity index (χ0) is 17.1. The molecule has 128 valence electrons. The molecular formula is C18H24N4O2. The van der Waals surface area contributed by atoms with Gasteiger partial charge in [-0.15, -0.1) is 0 Å². The van der Waals surface area contributed by atoms with Gasteiger partial charge < -0.3 is 10.1 Å². The smallest absolute Gasteiger partial charge is 0.253 e. The third kappa shape index (κ3) is 3.34. The van der Waals surface area contributed by atoms with Gasteiger partial charge in [-0.1, -0.05) is 12.1 Å². The van der Waals surface area contributed by atoms with Gasteiger partial charge in [-0.25, -0.2) is 4.68 Å². The van der Waals surface area contributed by atoms with E-state index in [-0.39, 0.29) is 18.1 Å². The van der Waals surface area contributed by atoms with Crippen molar-refractivity contribution in [2.75, 3.05) is 20.2 Å². The highest BCUT2D eigenvalue weighted by Gasteiger charge is 2.35. The van der Waals surface area contributed by atoms with Gasteiger partial charge in [0.1, 0.15) is 0 Å². The second kappa shape index (κ2) is 7.15. The van der Waals surface area contributed by atoms with Crippen molar-refractivity contribution in [1.82, 2.24) is 20.0 Å². The van der Waals surface area contributed by atoms with Crippen LogP contribution in [-0.4, -0.2) is 59.0 Å².